The Hall–Kier alpha value is -0.510. The van der Waals surface area contributed by atoms with Crippen LogP contribution < -0.4 is 5.32 Å². The standard InChI is InChI=1S/C6H10BrN3/c1-3-10-4-5(7)6(8-2)9-10/h4H,3H2,1-2H3,(H,8,9). The lowest BCUT2D eigenvalue weighted by molar-refractivity contribution is 0.662. The van der Waals surface area contributed by atoms with Crippen LogP contribution in [0.25, 0.3) is 0 Å². The molecule has 0 fully saturated rings. The SMILES string of the molecule is CCn1cc(Br)c(NC)n1. The Balaban J connectivity index is 2.92. The lowest BCUT2D eigenvalue weighted by Gasteiger charge is -1.92. The van der Waals surface area contributed by atoms with Crippen molar-refractivity contribution in [2.24, 2.45) is 0 Å². The van der Waals surface area contributed by atoms with Gasteiger partial charge in [0.1, 0.15) is 0 Å². The first-order chi connectivity index (χ1) is 4.77. The minimum absolute atomic E-state index is 0.891. The van der Waals surface area contributed by atoms with Crippen molar-refractivity contribution in [2.75, 3.05) is 12.4 Å². The summed E-state index contributed by atoms with van der Waals surface area (Å²) in [4.78, 5) is 0. The monoisotopic (exact) mass is 203 g/mol. The molecule has 1 aromatic rings. The molecule has 4 heteroatoms. The normalized spacial score (nSPS) is 9.90. The number of halogens is 1. The molecule has 3 nitrogen and oxygen atoms in total. The number of hydrogen-bond acceptors (Lipinski definition) is 2. The second kappa shape index (κ2) is 3.05. The summed E-state index contributed by atoms with van der Waals surface area (Å²) in [5, 5.41) is 7.18. The molecular weight excluding hydrogens is 194 g/mol. The molecule has 1 heterocycles. The van der Waals surface area contributed by atoms with Gasteiger partial charge in [-0.15, -0.1) is 0 Å². The van der Waals surface area contributed by atoms with Crippen molar-refractivity contribution in [3.8, 4) is 0 Å². The molecule has 0 bridgehead atoms. The Morgan fingerprint density at radius 3 is 2.80 bits per heavy atom. The van der Waals surface area contributed by atoms with Crippen molar-refractivity contribution in [1.82, 2.24) is 9.78 Å². The highest BCUT2D eigenvalue weighted by Crippen LogP contribution is 2.18. The van der Waals surface area contributed by atoms with Crippen LogP contribution >= 0.6 is 15.9 Å². The molecule has 0 aliphatic heterocycles. The first kappa shape index (κ1) is 7.60. The van der Waals surface area contributed by atoms with E-state index in [1.54, 1.807) is 0 Å². The van der Waals surface area contributed by atoms with Crippen LogP contribution in [0, 0.1) is 0 Å². The first-order valence-corrected chi connectivity index (χ1v) is 3.98. The fourth-order valence-electron chi connectivity index (χ4n) is 0.728. The summed E-state index contributed by atoms with van der Waals surface area (Å²) in [6.07, 6.45) is 1.95. The zero-order valence-corrected chi connectivity index (χ0v) is 7.64. The number of nitrogens with zero attached hydrogens (tertiary/aromatic N) is 2. The Morgan fingerprint density at radius 1 is 1.80 bits per heavy atom. The van der Waals surface area contributed by atoms with Gasteiger partial charge in [-0.3, -0.25) is 4.68 Å². The van der Waals surface area contributed by atoms with Crippen LogP contribution in [-0.2, 0) is 6.54 Å². The summed E-state index contributed by atoms with van der Waals surface area (Å²) >= 11 is 3.37. The summed E-state index contributed by atoms with van der Waals surface area (Å²) in [6, 6.07) is 0. The van der Waals surface area contributed by atoms with Crippen LogP contribution in [0.4, 0.5) is 5.82 Å². The molecule has 0 aliphatic rings. The molecule has 1 rings (SSSR count). The maximum absolute atomic E-state index is 4.21. The zero-order chi connectivity index (χ0) is 7.56. The number of rotatable bonds is 2. The quantitative estimate of drug-likeness (QED) is 0.794. The predicted octanol–water partition coefficient (Wildman–Crippen LogP) is 1.71. The van der Waals surface area contributed by atoms with Gasteiger partial charge in [0.25, 0.3) is 0 Å². The number of aromatic nitrogens is 2. The third-order valence-electron chi connectivity index (χ3n) is 1.28. The fourth-order valence-corrected chi connectivity index (χ4v) is 1.24. The fraction of sp³-hybridized carbons (Fsp3) is 0.500. The van der Waals surface area contributed by atoms with Gasteiger partial charge in [-0.05, 0) is 22.9 Å². The van der Waals surface area contributed by atoms with Crippen LogP contribution in [0.1, 0.15) is 6.92 Å². The maximum Gasteiger partial charge on any atom is 0.162 e. The zero-order valence-electron chi connectivity index (χ0n) is 6.06. The van der Waals surface area contributed by atoms with Crippen LogP contribution in [0.3, 0.4) is 0 Å². The molecule has 0 aromatic carbocycles. The predicted molar refractivity (Wildman–Crippen MR) is 45.1 cm³/mol. The smallest absolute Gasteiger partial charge is 0.162 e. The van der Waals surface area contributed by atoms with E-state index in [-0.39, 0.29) is 0 Å². The van der Waals surface area contributed by atoms with Gasteiger partial charge in [0.05, 0.1) is 4.47 Å². The van der Waals surface area contributed by atoms with E-state index in [0.717, 1.165) is 16.8 Å². The van der Waals surface area contributed by atoms with Gasteiger partial charge in [0, 0.05) is 19.8 Å². The highest BCUT2D eigenvalue weighted by atomic mass is 79.9. The van der Waals surface area contributed by atoms with Crippen molar-refractivity contribution in [3.05, 3.63) is 10.7 Å². The minimum Gasteiger partial charge on any atom is -0.371 e. The van der Waals surface area contributed by atoms with Crippen molar-refractivity contribution in [2.45, 2.75) is 13.5 Å². The molecule has 0 radical (unpaired) electrons. The lowest BCUT2D eigenvalue weighted by Crippen LogP contribution is -1.95. The highest BCUT2D eigenvalue weighted by Gasteiger charge is 2.00. The minimum atomic E-state index is 0.891. The molecule has 0 saturated carbocycles. The number of hydrogen-bond donors (Lipinski definition) is 1. The van der Waals surface area contributed by atoms with Crippen molar-refractivity contribution in [3.63, 3.8) is 0 Å². The molecule has 0 unspecified atom stereocenters. The van der Waals surface area contributed by atoms with Gasteiger partial charge in [-0.2, -0.15) is 5.10 Å². The highest BCUT2D eigenvalue weighted by molar-refractivity contribution is 9.10. The summed E-state index contributed by atoms with van der Waals surface area (Å²) < 4.78 is 2.88. The van der Waals surface area contributed by atoms with Gasteiger partial charge < -0.3 is 5.32 Å². The molecular formula is C6H10BrN3. The van der Waals surface area contributed by atoms with Gasteiger partial charge in [0.2, 0.25) is 0 Å². The molecule has 0 atom stereocenters. The van der Waals surface area contributed by atoms with E-state index in [1.807, 2.05) is 17.9 Å². The topological polar surface area (TPSA) is 29.9 Å². The maximum atomic E-state index is 4.21. The van der Waals surface area contributed by atoms with Gasteiger partial charge in [-0.1, -0.05) is 0 Å². The summed E-state index contributed by atoms with van der Waals surface area (Å²) in [6.45, 7) is 2.96. The molecule has 56 valence electrons. The number of aryl methyl sites for hydroxylation is 1. The Labute approximate surface area is 68.6 Å². The Morgan fingerprint density at radius 2 is 2.50 bits per heavy atom. The van der Waals surface area contributed by atoms with Crippen molar-refractivity contribution in [1.29, 1.82) is 0 Å². The summed E-state index contributed by atoms with van der Waals surface area (Å²) in [5.41, 5.74) is 0. The van der Waals surface area contributed by atoms with E-state index < -0.39 is 0 Å². The van der Waals surface area contributed by atoms with E-state index in [9.17, 15) is 0 Å². The van der Waals surface area contributed by atoms with E-state index >= 15 is 0 Å². The van der Waals surface area contributed by atoms with Crippen LogP contribution in [0.2, 0.25) is 0 Å². The molecule has 0 spiro atoms. The average Bonchev–Trinajstić information content (AvgIpc) is 2.30. The largest absolute Gasteiger partial charge is 0.371 e. The molecule has 0 amide bonds. The summed E-state index contributed by atoms with van der Waals surface area (Å²) in [5.74, 6) is 0.891. The van der Waals surface area contributed by atoms with E-state index in [0.29, 0.717) is 0 Å². The first-order valence-electron chi connectivity index (χ1n) is 3.18. The second-order valence-electron chi connectivity index (χ2n) is 1.93. The van der Waals surface area contributed by atoms with Crippen LogP contribution in [-0.4, -0.2) is 16.8 Å². The van der Waals surface area contributed by atoms with Crippen LogP contribution in [0.15, 0.2) is 10.7 Å². The molecule has 10 heavy (non-hydrogen) atoms. The van der Waals surface area contributed by atoms with Crippen LogP contribution in [0.5, 0.6) is 0 Å². The van der Waals surface area contributed by atoms with Crippen molar-refractivity contribution < 1.29 is 0 Å². The van der Waals surface area contributed by atoms with Crippen molar-refractivity contribution >= 4 is 21.7 Å². The number of anilines is 1. The molecule has 1 aromatic heterocycles. The number of nitrogens with one attached hydrogen (secondary N) is 1. The Kier molecular flexibility index (Phi) is 2.32. The lowest BCUT2D eigenvalue weighted by atomic mass is 10.6. The summed E-state index contributed by atoms with van der Waals surface area (Å²) in [7, 11) is 1.85. The van der Waals surface area contributed by atoms with Gasteiger partial charge in [-0.25, -0.2) is 0 Å². The average molecular weight is 204 g/mol. The van der Waals surface area contributed by atoms with E-state index in [2.05, 4.69) is 33.3 Å². The second-order valence-corrected chi connectivity index (χ2v) is 2.79. The third kappa shape index (κ3) is 1.31. The van der Waals surface area contributed by atoms with E-state index in [1.165, 1.54) is 0 Å². The van der Waals surface area contributed by atoms with Gasteiger partial charge in [0.15, 0.2) is 5.82 Å². The Bertz CT molecular complexity index is 219. The third-order valence-corrected chi connectivity index (χ3v) is 1.86. The molecule has 1 N–H and O–H groups in total. The molecule has 0 saturated heterocycles. The molecule has 0 aliphatic carbocycles. The van der Waals surface area contributed by atoms with E-state index in [4.69, 9.17) is 0 Å². The van der Waals surface area contributed by atoms with Gasteiger partial charge >= 0.3 is 0 Å².